The second-order valence-electron chi connectivity index (χ2n) is 8.21. The molecule has 4 rings (SSSR count). The van der Waals surface area contributed by atoms with Gasteiger partial charge in [-0.2, -0.15) is 4.72 Å². The Kier molecular flexibility index (Phi) is 6.83. The standard InChI is InChI=1S/C23H21IN2O7S2/c1-13(2)22(23(27)28)26-35(31,32)17-8-9-18-19-11-15(5-10-20(19)33-21(18)12-17)25-34(29,30)16-6-3-14(24)4-7-16/h3-13,22,25-26H,1-2H3,(H,27,28)/t22-/m0/s1. The maximum atomic E-state index is 12.8. The van der Waals surface area contributed by atoms with Crippen molar-refractivity contribution in [2.75, 3.05) is 4.72 Å². The van der Waals surface area contributed by atoms with Crippen molar-refractivity contribution in [3.8, 4) is 0 Å². The highest BCUT2D eigenvalue weighted by atomic mass is 127. The number of hydrogen-bond acceptors (Lipinski definition) is 6. The molecule has 0 aliphatic carbocycles. The Morgan fingerprint density at radius 1 is 0.857 bits per heavy atom. The second-order valence-corrected chi connectivity index (χ2v) is 12.9. The summed E-state index contributed by atoms with van der Waals surface area (Å²) >= 11 is 2.09. The van der Waals surface area contributed by atoms with Crippen molar-refractivity contribution in [1.82, 2.24) is 4.72 Å². The van der Waals surface area contributed by atoms with Gasteiger partial charge >= 0.3 is 5.97 Å². The van der Waals surface area contributed by atoms with Gasteiger partial charge in [-0.1, -0.05) is 13.8 Å². The number of halogens is 1. The first kappa shape index (κ1) is 25.4. The monoisotopic (exact) mass is 628 g/mol. The Balaban J connectivity index is 1.68. The van der Waals surface area contributed by atoms with Gasteiger partial charge in [0.15, 0.2) is 0 Å². The van der Waals surface area contributed by atoms with Gasteiger partial charge in [-0.15, -0.1) is 0 Å². The Morgan fingerprint density at radius 2 is 1.51 bits per heavy atom. The summed E-state index contributed by atoms with van der Waals surface area (Å²) in [5.41, 5.74) is 1.01. The summed E-state index contributed by atoms with van der Waals surface area (Å²) in [6.45, 7) is 3.21. The van der Waals surface area contributed by atoms with Crippen molar-refractivity contribution in [2.45, 2.75) is 29.7 Å². The highest BCUT2D eigenvalue weighted by molar-refractivity contribution is 14.1. The van der Waals surface area contributed by atoms with Crippen LogP contribution in [0.2, 0.25) is 0 Å². The third-order valence-corrected chi connectivity index (χ3v) is 8.90. The lowest BCUT2D eigenvalue weighted by molar-refractivity contribution is -0.140. The fourth-order valence-electron chi connectivity index (χ4n) is 3.52. The molecule has 0 aliphatic heterocycles. The maximum absolute atomic E-state index is 12.8. The minimum absolute atomic E-state index is 0.124. The van der Waals surface area contributed by atoms with Gasteiger partial charge in [0.05, 0.1) is 9.79 Å². The zero-order chi connectivity index (χ0) is 25.5. The van der Waals surface area contributed by atoms with Crippen LogP contribution in [0.4, 0.5) is 5.69 Å². The SMILES string of the molecule is CC(C)[C@H](NS(=O)(=O)c1ccc2c(c1)oc1ccc(NS(=O)(=O)c3ccc(I)cc3)cc12)C(=O)O. The van der Waals surface area contributed by atoms with Crippen LogP contribution in [0.5, 0.6) is 0 Å². The van der Waals surface area contributed by atoms with Crippen LogP contribution in [0.15, 0.2) is 74.9 Å². The van der Waals surface area contributed by atoms with Crippen molar-refractivity contribution >= 4 is 76.2 Å². The van der Waals surface area contributed by atoms with E-state index in [1.54, 1.807) is 44.2 Å². The average molecular weight is 628 g/mol. The zero-order valence-electron chi connectivity index (χ0n) is 18.5. The quantitative estimate of drug-likeness (QED) is 0.246. The van der Waals surface area contributed by atoms with Gasteiger partial charge in [-0.3, -0.25) is 9.52 Å². The van der Waals surface area contributed by atoms with Crippen molar-refractivity contribution < 1.29 is 31.2 Å². The molecule has 1 aromatic heterocycles. The minimum atomic E-state index is -4.13. The first-order valence-electron chi connectivity index (χ1n) is 10.4. The molecule has 0 aliphatic rings. The molecule has 4 aromatic rings. The topological polar surface area (TPSA) is 143 Å². The number of benzene rings is 3. The van der Waals surface area contributed by atoms with Crippen molar-refractivity contribution in [3.05, 3.63) is 64.2 Å². The van der Waals surface area contributed by atoms with E-state index in [4.69, 9.17) is 4.42 Å². The summed E-state index contributed by atoms with van der Waals surface area (Å²) in [5, 5.41) is 10.5. The number of nitrogens with one attached hydrogen (secondary N) is 2. The lowest BCUT2D eigenvalue weighted by atomic mass is 10.1. The normalized spacial score (nSPS) is 13.4. The number of carboxylic acids is 1. The Bertz CT molecular complexity index is 1640. The number of rotatable bonds is 8. The van der Waals surface area contributed by atoms with Crippen LogP contribution in [0.3, 0.4) is 0 Å². The molecule has 184 valence electrons. The van der Waals surface area contributed by atoms with Gasteiger partial charge in [0, 0.05) is 26.1 Å². The molecule has 12 heteroatoms. The fourth-order valence-corrected chi connectivity index (χ4v) is 6.28. The van der Waals surface area contributed by atoms with E-state index in [1.165, 1.54) is 30.3 Å². The van der Waals surface area contributed by atoms with Gasteiger partial charge in [-0.05, 0) is 83.1 Å². The van der Waals surface area contributed by atoms with Crippen LogP contribution in [0, 0.1) is 9.49 Å². The highest BCUT2D eigenvalue weighted by Gasteiger charge is 2.28. The fraction of sp³-hybridized carbons (Fsp3) is 0.174. The molecule has 0 radical (unpaired) electrons. The summed E-state index contributed by atoms with van der Waals surface area (Å²) in [7, 11) is -7.93. The van der Waals surface area contributed by atoms with E-state index < -0.39 is 38.0 Å². The van der Waals surface area contributed by atoms with Gasteiger partial charge < -0.3 is 9.52 Å². The number of hydrogen-bond donors (Lipinski definition) is 3. The van der Waals surface area contributed by atoms with E-state index in [-0.39, 0.29) is 15.4 Å². The molecule has 1 atom stereocenters. The lowest BCUT2D eigenvalue weighted by Gasteiger charge is -2.17. The third-order valence-electron chi connectivity index (χ3n) is 5.34. The first-order valence-corrected chi connectivity index (χ1v) is 14.4. The van der Waals surface area contributed by atoms with Crippen molar-refractivity contribution in [2.24, 2.45) is 5.92 Å². The molecule has 0 amide bonds. The van der Waals surface area contributed by atoms with Crippen LogP contribution in [-0.4, -0.2) is 34.0 Å². The summed E-state index contributed by atoms with van der Waals surface area (Å²) in [6, 6.07) is 14.1. The smallest absolute Gasteiger partial charge is 0.322 e. The number of anilines is 1. The van der Waals surface area contributed by atoms with Gasteiger partial charge in [0.2, 0.25) is 10.0 Å². The predicted octanol–water partition coefficient (Wildman–Crippen LogP) is 4.38. The average Bonchev–Trinajstić information content (AvgIpc) is 3.14. The van der Waals surface area contributed by atoms with Crippen LogP contribution in [0.25, 0.3) is 21.9 Å². The number of carboxylic acid groups (broad SMARTS) is 1. The van der Waals surface area contributed by atoms with Crippen LogP contribution < -0.4 is 9.44 Å². The summed E-state index contributed by atoms with van der Waals surface area (Å²) in [4.78, 5) is 11.4. The zero-order valence-corrected chi connectivity index (χ0v) is 22.3. The van der Waals surface area contributed by atoms with Crippen LogP contribution >= 0.6 is 22.6 Å². The molecule has 9 nitrogen and oxygen atoms in total. The molecule has 3 aromatic carbocycles. The van der Waals surface area contributed by atoms with E-state index >= 15 is 0 Å². The summed E-state index contributed by atoms with van der Waals surface area (Å²) in [6.07, 6.45) is 0. The van der Waals surface area contributed by atoms with E-state index in [0.29, 0.717) is 22.0 Å². The Labute approximate surface area is 215 Å². The molecule has 0 unspecified atom stereocenters. The molecule has 0 saturated heterocycles. The van der Waals surface area contributed by atoms with Gasteiger partial charge in [-0.25, -0.2) is 16.8 Å². The van der Waals surface area contributed by atoms with E-state index in [2.05, 4.69) is 32.0 Å². The number of carbonyl (C=O) groups is 1. The molecule has 0 saturated carbocycles. The predicted molar refractivity (Wildman–Crippen MR) is 140 cm³/mol. The number of aliphatic carboxylic acids is 1. The first-order chi connectivity index (χ1) is 16.4. The number of fused-ring (bicyclic) bond motifs is 3. The van der Waals surface area contributed by atoms with Crippen molar-refractivity contribution in [1.29, 1.82) is 0 Å². The largest absolute Gasteiger partial charge is 0.480 e. The lowest BCUT2D eigenvalue weighted by Crippen LogP contribution is -2.44. The van der Waals surface area contributed by atoms with Crippen LogP contribution in [0.1, 0.15) is 13.8 Å². The molecule has 0 fully saturated rings. The molecule has 0 bridgehead atoms. The maximum Gasteiger partial charge on any atom is 0.322 e. The molecular formula is C23H21IN2O7S2. The Morgan fingerprint density at radius 3 is 2.14 bits per heavy atom. The number of sulfonamides is 2. The van der Waals surface area contributed by atoms with E-state index in [9.17, 15) is 26.7 Å². The molecule has 35 heavy (non-hydrogen) atoms. The molecule has 0 spiro atoms. The summed E-state index contributed by atoms with van der Waals surface area (Å²) in [5.74, 6) is -1.73. The molecule has 1 heterocycles. The minimum Gasteiger partial charge on any atom is -0.480 e. The Hall–Kier alpha value is -2.68. The second kappa shape index (κ2) is 9.41. The van der Waals surface area contributed by atoms with Crippen molar-refractivity contribution in [3.63, 3.8) is 0 Å². The van der Waals surface area contributed by atoms with E-state index in [1.807, 2.05) is 0 Å². The third kappa shape index (κ3) is 5.29. The molecule has 3 N–H and O–H groups in total. The highest BCUT2D eigenvalue weighted by Crippen LogP contribution is 2.33. The summed E-state index contributed by atoms with van der Waals surface area (Å²) < 4.78 is 62.5. The van der Waals surface area contributed by atoms with E-state index in [0.717, 1.165) is 3.57 Å². The van der Waals surface area contributed by atoms with Gasteiger partial charge in [0.25, 0.3) is 10.0 Å². The van der Waals surface area contributed by atoms with Crippen LogP contribution in [-0.2, 0) is 24.8 Å². The molecular weight excluding hydrogens is 607 g/mol. The number of furan rings is 1. The van der Waals surface area contributed by atoms with Gasteiger partial charge in [0.1, 0.15) is 17.2 Å².